The Bertz CT molecular complexity index is 1200. The lowest BCUT2D eigenvalue weighted by atomic mass is 9.97. The van der Waals surface area contributed by atoms with Crippen molar-refractivity contribution in [1.29, 1.82) is 0 Å². The number of hydrogen-bond acceptors (Lipinski definition) is 5. The largest absolute Gasteiger partial charge is 0.507 e. The number of halogens is 2. The number of aryl methyl sites for hydroxylation is 1. The van der Waals surface area contributed by atoms with Crippen molar-refractivity contribution in [2.75, 3.05) is 12.0 Å². The summed E-state index contributed by atoms with van der Waals surface area (Å²) in [4.78, 5) is 27.2. The predicted molar refractivity (Wildman–Crippen MR) is 113 cm³/mol. The summed E-state index contributed by atoms with van der Waals surface area (Å²) in [5.74, 6) is -2.32. The number of rotatable bonds is 4. The van der Waals surface area contributed by atoms with Crippen molar-refractivity contribution in [3.63, 3.8) is 0 Å². The second-order valence-corrected chi connectivity index (χ2v) is 7.40. The molecule has 1 unspecified atom stereocenters. The fraction of sp³-hybridized carbons (Fsp3) is 0.130. The second-order valence-electron chi connectivity index (χ2n) is 6.99. The first kappa shape index (κ1) is 20.7. The average molecular weight is 442 g/mol. The molecule has 0 spiro atoms. The highest BCUT2D eigenvalue weighted by Gasteiger charge is 2.48. The standard InChI is InChI=1S/C23H17ClFNO5/c1-12-10-15(22(30-2)16(24)11-12)20(27)18-19(17-4-3-9-31-17)26(23(29)21(18)28)14-7-5-13(25)6-8-14/h3-11,19,27H,1-2H3/b20-18-. The van der Waals surface area contributed by atoms with Crippen molar-refractivity contribution in [3.8, 4) is 5.75 Å². The average Bonchev–Trinajstić information content (AvgIpc) is 3.35. The van der Waals surface area contributed by atoms with Gasteiger partial charge >= 0.3 is 0 Å². The zero-order valence-electron chi connectivity index (χ0n) is 16.6. The Hall–Kier alpha value is -3.58. The van der Waals surface area contributed by atoms with Crippen LogP contribution in [0.25, 0.3) is 5.76 Å². The third kappa shape index (κ3) is 3.47. The molecule has 158 valence electrons. The molecule has 1 amide bonds. The summed E-state index contributed by atoms with van der Waals surface area (Å²) in [5.41, 5.74) is 0.971. The van der Waals surface area contributed by atoms with Crippen molar-refractivity contribution < 1.29 is 28.2 Å². The Kier molecular flexibility index (Phi) is 5.29. The van der Waals surface area contributed by atoms with Crippen molar-refractivity contribution in [1.82, 2.24) is 0 Å². The molecule has 1 saturated heterocycles. The number of ketones is 1. The lowest BCUT2D eigenvalue weighted by Crippen LogP contribution is -2.29. The van der Waals surface area contributed by atoms with E-state index in [2.05, 4.69) is 0 Å². The molecule has 8 heteroatoms. The van der Waals surface area contributed by atoms with Crippen molar-refractivity contribution in [2.24, 2.45) is 0 Å². The SMILES string of the molecule is COc1c(Cl)cc(C)cc1/C(O)=C1/C(=O)C(=O)N(c2ccc(F)cc2)C1c1ccco1. The van der Waals surface area contributed by atoms with Gasteiger partial charge in [0.05, 0.1) is 29.5 Å². The molecule has 3 aromatic rings. The highest BCUT2D eigenvalue weighted by molar-refractivity contribution is 6.51. The summed E-state index contributed by atoms with van der Waals surface area (Å²) in [6.07, 6.45) is 1.39. The molecule has 2 aromatic carbocycles. The van der Waals surface area contributed by atoms with Crippen molar-refractivity contribution in [2.45, 2.75) is 13.0 Å². The van der Waals surface area contributed by atoms with Gasteiger partial charge in [-0.2, -0.15) is 0 Å². The van der Waals surface area contributed by atoms with Gasteiger partial charge in [-0.05, 0) is 61.0 Å². The quantitative estimate of drug-likeness (QED) is 0.349. The second kappa shape index (κ2) is 7.92. The van der Waals surface area contributed by atoms with E-state index in [-0.39, 0.29) is 33.4 Å². The highest BCUT2D eigenvalue weighted by atomic mass is 35.5. The van der Waals surface area contributed by atoms with E-state index in [1.165, 1.54) is 37.6 Å². The van der Waals surface area contributed by atoms with Crippen LogP contribution in [0.1, 0.15) is 22.9 Å². The fourth-order valence-corrected chi connectivity index (χ4v) is 4.03. The van der Waals surface area contributed by atoms with Gasteiger partial charge in [0.15, 0.2) is 0 Å². The van der Waals surface area contributed by atoms with Crippen LogP contribution < -0.4 is 9.64 Å². The number of aliphatic hydroxyl groups excluding tert-OH is 1. The first-order chi connectivity index (χ1) is 14.8. The lowest BCUT2D eigenvalue weighted by molar-refractivity contribution is -0.132. The van der Waals surface area contributed by atoms with Gasteiger partial charge in [0.2, 0.25) is 0 Å². The van der Waals surface area contributed by atoms with Crippen LogP contribution in [0.4, 0.5) is 10.1 Å². The number of Topliss-reactive ketones (excluding diaryl/α,β-unsaturated/α-hetero) is 1. The number of carbonyl (C=O) groups is 2. The fourth-order valence-electron chi connectivity index (χ4n) is 3.67. The minimum atomic E-state index is -1.07. The number of nitrogens with zero attached hydrogens (tertiary/aromatic N) is 1. The van der Waals surface area contributed by atoms with Crippen LogP contribution in [0.2, 0.25) is 5.02 Å². The van der Waals surface area contributed by atoms with Gasteiger partial charge < -0.3 is 14.3 Å². The molecule has 2 heterocycles. The molecule has 0 radical (unpaired) electrons. The van der Waals surface area contributed by atoms with Gasteiger partial charge in [0.1, 0.15) is 29.1 Å². The van der Waals surface area contributed by atoms with E-state index in [9.17, 15) is 19.1 Å². The molecule has 1 aromatic heterocycles. The number of furan rings is 1. The molecule has 1 aliphatic rings. The summed E-state index contributed by atoms with van der Waals surface area (Å²) < 4.78 is 24.2. The molecule has 0 saturated carbocycles. The zero-order valence-corrected chi connectivity index (χ0v) is 17.3. The van der Waals surface area contributed by atoms with Crippen LogP contribution in [-0.2, 0) is 9.59 Å². The topological polar surface area (TPSA) is 80.0 Å². The van der Waals surface area contributed by atoms with Crippen LogP contribution in [0.15, 0.2) is 64.8 Å². The van der Waals surface area contributed by atoms with Crippen molar-refractivity contribution >= 4 is 34.7 Å². The molecule has 6 nitrogen and oxygen atoms in total. The molecule has 1 fully saturated rings. The van der Waals surface area contributed by atoms with Crippen LogP contribution in [0, 0.1) is 12.7 Å². The van der Waals surface area contributed by atoms with Gasteiger partial charge in [-0.3, -0.25) is 14.5 Å². The number of anilines is 1. The maximum Gasteiger partial charge on any atom is 0.300 e. The molecule has 1 aliphatic heterocycles. The molecule has 4 rings (SSSR count). The molecule has 31 heavy (non-hydrogen) atoms. The van der Waals surface area contributed by atoms with E-state index in [4.69, 9.17) is 20.8 Å². The molecule has 0 bridgehead atoms. The van der Waals surface area contributed by atoms with Gasteiger partial charge in [-0.25, -0.2) is 4.39 Å². The minimum absolute atomic E-state index is 0.163. The third-order valence-electron chi connectivity index (χ3n) is 5.01. The predicted octanol–water partition coefficient (Wildman–Crippen LogP) is 5.02. The van der Waals surface area contributed by atoms with E-state index >= 15 is 0 Å². The van der Waals surface area contributed by atoms with Crippen LogP contribution in [-0.4, -0.2) is 23.9 Å². The number of amides is 1. The Morgan fingerprint density at radius 2 is 1.90 bits per heavy atom. The smallest absolute Gasteiger partial charge is 0.300 e. The lowest BCUT2D eigenvalue weighted by Gasteiger charge is -2.23. The van der Waals surface area contributed by atoms with Gasteiger partial charge in [0.25, 0.3) is 11.7 Å². The number of carbonyl (C=O) groups excluding carboxylic acids is 2. The third-order valence-corrected chi connectivity index (χ3v) is 5.29. The van der Waals surface area contributed by atoms with Gasteiger partial charge in [-0.15, -0.1) is 0 Å². The maximum atomic E-state index is 13.4. The van der Waals surface area contributed by atoms with Crippen LogP contribution in [0.3, 0.4) is 0 Å². The van der Waals surface area contributed by atoms with E-state index in [1.54, 1.807) is 31.2 Å². The Morgan fingerprint density at radius 1 is 1.19 bits per heavy atom. The number of benzene rings is 2. The Morgan fingerprint density at radius 3 is 2.52 bits per heavy atom. The molecular weight excluding hydrogens is 425 g/mol. The zero-order chi connectivity index (χ0) is 22.3. The Labute approximate surface area is 182 Å². The van der Waals surface area contributed by atoms with E-state index < -0.39 is 29.3 Å². The summed E-state index contributed by atoms with van der Waals surface area (Å²) >= 11 is 6.25. The summed E-state index contributed by atoms with van der Waals surface area (Å²) in [5, 5.41) is 11.4. The van der Waals surface area contributed by atoms with E-state index in [0.717, 1.165) is 10.5 Å². The van der Waals surface area contributed by atoms with E-state index in [1.807, 2.05) is 0 Å². The number of aliphatic hydroxyl groups is 1. The number of methoxy groups -OCH3 is 1. The molecular formula is C23H17ClFNO5. The van der Waals surface area contributed by atoms with Gasteiger partial charge in [-0.1, -0.05) is 11.6 Å². The Balaban J connectivity index is 1.97. The van der Waals surface area contributed by atoms with Crippen LogP contribution in [0.5, 0.6) is 5.75 Å². The first-order valence-corrected chi connectivity index (χ1v) is 9.65. The van der Waals surface area contributed by atoms with Crippen molar-refractivity contribution in [3.05, 3.63) is 88.1 Å². The minimum Gasteiger partial charge on any atom is -0.507 e. The number of hydrogen-bond donors (Lipinski definition) is 1. The molecule has 1 atom stereocenters. The highest BCUT2D eigenvalue weighted by Crippen LogP contribution is 2.44. The monoisotopic (exact) mass is 441 g/mol. The van der Waals surface area contributed by atoms with E-state index in [0.29, 0.717) is 0 Å². The first-order valence-electron chi connectivity index (χ1n) is 9.28. The number of ether oxygens (including phenoxy) is 1. The summed E-state index contributed by atoms with van der Waals surface area (Å²) in [6.45, 7) is 1.77. The summed E-state index contributed by atoms with van der Waals surface area (Å²) in [6, 6.07) is 10.5. The van der Waals surface area contributed by atoms with Gasteiger partial charge in [0, 0.05) is 5.69 Å². The normalized spacial score (nSPS) is 17.9. The van der Waals surface area contributed by atoms with Crippen LogP contribution >= 0.6 is 11.6 Å². The maximum absolute atomic E-state index is 13.4. The molecule has 0 aliphatic carbocycles. The summed E-state index contributed by atoms with van der Waals surface area (Å²) in [7, 11) is 1.38. The molecule has 1 N–H and O–H groups in total.